The highest BCUT2D eigenvalue weighted by molar-refractivity contribution is 8.68. The van der Waals surface area contributed by atoms with Crippen molar-refractivity contribution in [1.29, 1.82) is 0 Å². The largest absolute Gasteiger partial charge is 0.463 e. The summed E-state index contributed by atoms with van der Waals surface area (Å²) in [6.45, 7) is 6.23. The molecular formula is C17H25N2O2PS2. The first-order chi connectivity index (χ1) is 11.7. The Hall–Kier alpha value is -0.550. The summed E-state index contributed by atoms with van der Waals surface area (Å²) >= 11 is 7.70. The van der Waals surface area contributed by atoms with Gasteiger partial charge in [-0.2, -0.15) is 0 Å². The molecule has 1 aromatic carbocycles. The molecule has 2 aliphatic rings. The maximum atomic E-state index is 6.03. The summed E-state index contributed by atoms with van der Waals surface area (Å²) in [6, 6.07) is 9.44. The maximum absolute atomic E-state index is 6.03. The number of benzene rings is 1. The van der Waals surface area contributed by atoms with E-state index < -0.39 is 5.62 Å². The zero-order chi connectivity index (χ0) is 17.0. The molecule has 1 aromatic rings. The molecule has 1 heterocycles. The Bertz CT molecular complexity index is 653. The number of nitrogens with zero attached hydrogens (tertiary/aromatic N) is 2. The van der Waals surface area contributed by atoms with Gasteiger partial charge in [0.25, 0.3) is 6.02 Å². The Kier molecular flexibility index (Phi) is 6.25. The standard InChI is InChI=1S/C17H25N2O2PS2/c1-3-13-24-22(23,21-4-2)19-11-12-20-17(19)18-16-10-9-14-7-5-6-8-15(14)16/h5-8,16H,3-4,9-13H2,1-2H3/b18-17-/t16-,22?/m0/s1. The fraction of sp³-hybridized carbons (Fsp3) is 0.588. The van der Waals surface area contributed by atoms with Crippen molar-refractivity contribution in [2.45, 2.75) is 39.2 Å². The van der Waals surface area contributed by atoms with Gasteiger partial charge in [0.05, 0.1) is 19.2 Å². The zero-order valence-electron chi connectivity index (χ0n) is 14.3. The van der Waals surface area contributed by atoms with Crippen LogP contribution in [0.3, 0.4) is 0 Å². The minimum atomic E-state index is -2.15. The summed E-state index contributed by atoms with van der Waals surface area (Å²) in [7, 11) is 0. The van der Waals surface area contributed by atoms with Crippen LogP contribution in [-0.4, -0.2) is 36.2 Å². The monoisotopic (exact) mass is 384 g/mol. The highest BCUT2D eigenvalue weighted by Gasteiger charge is 2.36. The van der Waals surface area contributed by atoms with Crippen LogP contribution in [0.2, 0.25) is 0 Å². The molecule has 0 saturated carbocycles. The van der Waals surface area contributed by atoms with Gasteiger partial charge in [0.2, 0.25) is 5.62 Å². The van der Waals surface area contributed by atoms with Gasteiger partial charge in [-0.1, -0.05) is 42.6 Å². The highest BCUT2D eigenvalue weighted by Crippen LogP contribution is 2.63. The van der Waals surface area contributed by atoms with Gasteiger partial charge in [-0.25, -0.2) is 4.99 Å². The third-order valence-electron chi connectivity index (χ3n) is 4.17. The minimum Gasteiger partial charge on any atom is -0.463 e. The molecule has 0 amide bonds. The second-order valence-electron chi connectivity index (χ2n) is 5.86. The molecule has 0 radical (unpaired) electrons. The first-order valence-corrected chi connectivity index (χ1v) is 12.9. The zero-order valence-corrected chi connectivity index (χ0v) is 16.8. The van der Waals surface area contributed by atoms with Crippen LogP contribution in [0.5, 0.6) is 0 Å². The quantitative estimate of drug-likeness (QED) is 0.633. The lowest BCUT2D eigenvalue weighted by atomic mass is 10.1. The molecule has 3 rings (SSSR count). The molecule has 132 valence electrons. The number of hydrogen-bond acceptors (Lipinski definition) is 5. The molecule has 0 spiro atoms. The molecule has 1 fully saturated rings. The number of ether oxygens (including phenoxy) is 1. The van der Waals surface area contributed by atoms with Crippen molar-refractivity contribution in [3.63, 3.8) is 0 Å². The Morgan fingerprint density at radius 1 is 1.42 bits per heavy atom. The third kappa shape index (κ3) is 3.82. The molecule has 0 N–H and O–H groups in total. The van der Waals surface area contributed by atoms with E-state index in [-0.39, 0.29) is 6.04 Å². The van der Waals surface area contributed by atoms with Gasteiger partial charge in [0.15, 0.2) is 0 Å². The Balaban J connectivity index is 1.83. The SMILES string of the molecule is CCCSP(=S)(OCC)N1CCO/C1=N\[C@H]1CCc2ccccc21. The van der Waals surface area contributed by atoms with Crippen molar-refractivity contribution in [3.8, 4) is 0 Å². The van der Waals surface area contributed by atoms with Crippen molar-refractivity contribution in [3.05, 3.63) is 35.4 Å². The van der Waals surface area contributed by atoms with Crippen molar-refractivity contribution in [2.75, 3.05) is 25.5 Å². The van der Waals surface area contributed by atoms with Crippen LogP contribution in [0.15, 0.2) is 29.3 Å². The van der Waals surface area contributed by atoms with Crippen LogP contribution in [0.25, 0.3) is 0 Å². The molecular weight excluding hydrogens is 359 g/mol. The van der Waals surface area contributed by atoms with E-state index in [1.54, 1.807) is 11.4 Å². The Morgan fingerprint density at radius 3 is 3.04 bits per heavy atom. The summed E-state index contributed by atoms with van der Waals surface area (Å²) in [5.74, 6) is 1.01. The number of aliphatic imine (C=N–C) groups is 1. The van der Waals surface area contributed by atoms with E-state index in [1.807, 2.05) is 6.92 Å². The molecule has 1 aliphatic carbocycles. The molecule has 7 heteroatoms. The fourth-order valence-corrected chi connectivity index (χ4v) is 8.91. The fourth-order valence-electron chi connectivity index (χ4n) is 3.07. The molecule has 1 aliphatic heterocycles. The summed E-state index contributed by atoms with van der Waals surface area (Å²) in [5.41, 5.74) is 0.576. The molecule has 2 atom stereocenters. The molecule has 24 heavy (non-hydrogen) atoms. The number of rotatable bonds is 7. The molecule has 1 unspecified atom stereocenters. The molecule has 1 saturated heterocycles. The van der Waals surface area contributed by atoms with Gasteiger partial charge in [0.1, 0.15) is 6.61 Å². The second-order valence-corrected chi connectivity index (χ2v) is 12.6. The number of hydrogen-bond donors (Lipinski definition) is 0. The van der Waals surface area contributed by atoms with E-state index in [2.05, 4.69) is 35.9 Å². The molecule has 0 aromatic heterocycles. The summed E-state index contributed by atoms with van der Waals surface area (Å²) in [5, 5.41) is 0. The first-order valence-electron chi connectivity index (χ1n) is 8.63. The summed E-state index contributed by atoms with van der Waals surface area (Å²) in [4.78, 5) is 4.94. The lowest BCUT2D eigenvalue weighted by Crippen LogP contribution is -2.23. The van der Waals surface area contributed by atoms with Crippen LogP contribution in [0.1, 0.15) is 43.9 Å². The maximum Gasteiger partial charge on any atom is 0.294 e. The topological polar surface area (TPSA) is 34.1 Å². The number of fused-ring (bicyclic) bond motifs is 1. The van der Waals surface area contributed by atoms with Crippen LogP contribution < -0.4 is 0 Å². The van der Waals surface area contributed by atoms with Gasteiger partial charge >= 0.3 is 0 Å². The van der Waals surface area contributed by atoms with E-state index in [0.717, 1.165) is 31.6 Å². The van der Waals surface area contributed by atoms with Crippen LogP contribution >= 0.6 is 17.0 Å². The average Bonchev–Trinajstić information content (AvgIpc) is 3.22. The summed E-state index contributed by atoms with van der Waals surface area (Å²) in [6.07, 6.45) is 3.22. The Labute approximate surface area is 153 Å². The van der Waals surface area contributed by atoms with Crippen molar-refractivity contribution in [1.82, 2.24) is 4.67 Å². The first kappa shape index (κ1) is 18.2. The second kappa shape index (κ2) is 8.22. The van der Waals surface area contributed by atoms with Gasteiger partial charge < -0.3 is 9.26 Å². The third-order valence-corrected chi connectivity index (χ3v) is 10.9. The molecule has 0 bridgehead atoms. The van der Waals surface area contributed by atoms with Crippen LogP contribution in [0.4, 0.5) is 0 Å². The predicted molar refractivity (Wildman–Crippen MR) is 106 cm³/mol. The minimum absolute atomic E-state index is 0.179. The predicted octanol–water partition coefficient (Wildman–Crippen LogP) is 4.77. The van der Waals surface area contributed by atoms with Crippen LogP contribution in [0, 0.1) is 0 Å². The lowest BCUT2D eigenvalue weighted by molar-refractivity contribution is 0.347. The van der Waals surface area contributed by atoms with Crippen molar-refractivity contribution < 1.29 is 9.26 Å². The highest BCUT2D eigenvalue weighted by atomic mass is 32.9. The molecule has 4 nitrogen and oxygen atoms in total. The van der Waals surface area contributed by atoms with E-state index >= 15 is 0 Å². The number of amidine groups is 1. The van der Waals surface area contributed by atoms with Crippen molar-refractivity contribution >= 4 is 34.8 Å². The summed E-state index contributed by atoms with van der Waals surface area (Å²) < 4.78 is 14.0. The van der Waals surface area contributed by atoms with Gasteiger partial charge in [-0.05, 0) is 49.1 Å². The van der Waals surface area contributed by atoms with Gasteiger partial charge in [-0.3, -0.25) is 4.67 Å². The lowest BCUT2D eigenvalue weighted by Gasteiger charge is -2.30. The van der Waals surface area contributed by atoms with E-state index in [0.29, 0.717) is 19.2 Å². The van der Waals surface area contributed by atoms with Crippen LogP contribution in [-0.2, 0) is 27.5 Å². The smallest absolute Gasteiger partial charge is 0.294 e. The van der Waals surface area contributed by atoms with Crippen molar-refractivity contribution in [2.24, 2.45) is 4.99 Å². The van der Waals surface area contributed by atoms with E-state index in [9.17, 15) is 0 Å². The Morgan fingerprint density at radius 2 is 2.25 bits per heavy atom. The van der Waals surface area contributed by atoms with Gasteiger partial charge in [0, 0.05) is 5.75 Å². The number of aryl methyl sites for hydroxylation is 1. The average molecular weight is 385 g/mol. The van der Waals surface area contributed by atoms with E-state index in [1.165, 1.54) is 11.1 Å². The van der Waals surface area contributed by atoms with Gasteiger partial charge in [-0.15, -0.1) is 0 Å². The van der Waals surface area contributed by atoms with E-state index in [4.69, 9.17) is 26.1 Å². The normalized spacial score (nSPS) is 24.0.